The second kappa shape index (κ2) is 7.22. The monoisotopic (exact) mass is 386 g/mol. The van der Waals surface area contributed by atoms with Crippen LogP contribution in [0.25, 0.3) is 22.6 Å². The van der Waals surface area contributed by atoms with Gasteiger partial charge < -0.3 is 14.4 Å². The number of rotatable bonds is 3. The molecular formula is C23H22N4O2. The lowest BCUT2D eigenvalue weighted by atomic mass is 10.1. The molecule has 5 rings (SSSR count). The summed E-state index contributed by atoms with van der Waals surface area (Å²) in [5.41, 5.74) is 4.22. The van der Waals surface area contributed by atoms with E-state index < -0.39 is 0 Å². The van der Waals surface area contributed by atoms with Crippen molar-refractivity contribution >= 4 is 11.4 Å². The van der Waals surface area contributed by atoms with E-state index in [0.29, 0.717) is 31.5 Å². The number of aromatic nitrogens is 3. The maximum Gasteiger partial charge on any atom is 0.256 e. The molecule has 1 fully saturated rings. The third-order valence-electron chi connectivity index (χ3n) is 5.53. The molecule has 0 atom stereocenters. The number of carbonyl (C=O) groups excluding carboxylic acids is 1. The van der Waals surface area contributed by atoms with Crippen LogP contribution in [0.2, 0.25) is 0 Å². The van der Waals surface area contributed by atoms with E-state index >= 15 is 0 Å². The van der Waals surface area contributed by atoms with E-state index in [2.05, 4.69) is 0 Å². The highest BCUT2D eigenvalue weighted by atomic mass is 16.3. The summed E-state index contributed by atoms with van der Waals surface area (Å²) in [6.45, 7) is 1.17. The number of aliphatic hydroxyl groups is 1. The molecule has 1 N–H and O–H groups in total. The molecule has 0 aliphatic carbocycles. The fraction of sp³-hybridized carbons (Fsp3) is 0.217. The van der Waals surface area contributed by atoms with Gasteiger partial charge in [-0.05, 0) is 49.2 Å². The summed E-state index contributed by atoms with van der Waals surface area (Å²) in [7, 11) is 0. The summed E-state index contributed by atoms with van der Waals surface area (Å²) in [5.74, 6) is 0.00865. The van der Waals surface area contributed by atoms with E-state index in [1.54, 1.807) is 0 Å². The van der Waals surface area contributed by atoms with Gasteiger partial charge in [0.1, 0.15) is 5.69 Å². The van der Waals surface area contributed by atoms with Crippen LogP contribution in [-0.4, -0.2) is 49.3 Å². The molecule has 0 radical (unpaired) electrons. The maximum absolute atomic E-state index is 13.2. The Labute approximate surface area is 168 Å². The standard InChI is InChI=1S/C23H22N4O2/c28-18-9-13-25(14-10-18)23(29)19-16-22(26-12-5-4-8-21(19)26)20-11-15-27(24-20)17-6-2-1-3-7-17/h1-8,11-12,15-16,18,28H,9-10,13-14H2. The van der Waals surface area contributed by atoms with Gasteiger partial charge in [-0.25, -0.2) is 4.68 Å². The van der Waals surface area contributed by atoms with Crippen LogP contribution in [0, 0.1) is 0 Å². The highest BCUT2D eigenvalue weighted by molar-refractivity contribution is 6.02. The quantitative estimate of drug-likeness (QED) is 0.587. The summed E-state index contributed by atoms with van der Waals surface area (Å²) in [6, 6.07) is 19.7. The van der Waals surface area contributed by atoms with Crippen LogP contribution in [0.4, 0.5) is 0 Å². The van der Waals surface area contributed by atoms with Crippen molar-refractivity contribution in [2.75, 3.05) is 13.1 Å². The van der Waals surface area contributed by atoms with Crippen molar-refractivity contribution in [3.63, 3.8) is 0 Å². The first-order chi connectivity index (χ1) is 14.2. The molecule has 0 spiro atoms. The summed E-state index contributed by atoms with van der Waals surface area (Å²) in [6.07, 6.45) is 4.85. The summed E-state index contributed by atoms with van der Waals surface area (Å²) >= 11 is 0. The normalized spacial score (nSPS) is 15.1. The van der Waals surface area contributed by atoms with Crippen molar-refractivity contribution in [1.29, 1.82) is 0 Å². The maximum atomic E-state index is 13.2. The molecule has 1 aliphatic rings. The molecule has 3 aromatic heterocycles. The molecule has 6 nitrogen and oxygen atoms in total. The third kappa shape index (κ3) is 3.21. The van der Waals surface area contributed by atoms with Gasteiger partial charge in [-0.15, -0.1) is 0 Å². The van der Waals surface area contributed by atoms with Crippen LogP contribution in [-0.2, 0) is 0 Å². The lowest BCUT2D eigenvalue weighted by Gasteiger charge is -2.29. The number of fused-ring (bicyclic) bond motifs is 1. The highest BCUT2D eigenvalue weighted by Gasteiger charge is 2.25. The van der Waals surface area contributed by atoms with Crippen molar-refractivity contribution in [1.82, 2.24) is 19.1 Å². The van der Waals surface area contributed by atoms with Gasteiger partial charge in [0.25, 0.3) is 5.91 Å². The number of amides is 1. The molecule has 4 aromatic rings. The van der Waals surface area contributed by atoms with E-state index in [4.69, 9.17) is 5.10 Å². The number of likely N-dealkylation sites (tertiary alicyclic amines) is 1. The molecule has 1 amide bonds. The summed E-state index contributed by atoms with van der Waals surface area (Å²) in [4.78, 5) is 15.0. The molecule has 29 heavy (non-hydrogen) atoms. The molecule has 1 aromatic carbocycles. The lowest BCUT2D eigenvalue weighted by molar-refractivity contribution is 0.0548. The number of piperidine rings is 1. The van der Waals surface area contributed by atoms with Crippen LogP contribution < -0.4 is 0 Å². The van der Waals surface area contributed by atoms with Gasteiger partial charge in [0.2, 0.25) is 0 Å². The smallest absolute Gasteiger partial charge is 0.256 e. The number of nitrogens with zero attached hydrogens (tertiary/aromatic N) is 4. The van der Waals surface area contributed by atoms with Gasteiger partial charge in [-0.2, -0.15) is 5.10 Å². The highest BCUT2D eigenvalue weighted by Crippen LogP contribution is 2.27. The molecule has 1 saturated heterocycles. The second-order valence-corrected chi connectivity index (χ2v) is 7.40. The first-order valence-corrected chi connectivity index (χ1v) is 9.89. The molecule has 0 bridgehead atoms. The van der Waals surface area contributed by atoms with Crippen LogP contribution in [0.15, 0.2) is 73.1 Å². The van der Waals surface area contributed by atoms with Crippen LogP contribution in [0.1, 0.15) is 23.2 Å². The van der Waals surface area contributed by atoms with Crippen LogP contribution >= 0.6 is 0 Å². The average molecular weight is 386 g/mol. The summed E-state index contributed by atoms with van der Waals surface area (Å²) in [5, 5.41) is 14.5. The Morgan fingerprint density at radius 3 is 2.52 bits per heavy atom. The van der Waals surface area contributed by atoms with E-state index in [-0.39, 0.29) is 12.0 Å². The number of para-hydroxylation sites is 1. The molecule has 0 saturated carbocycles. The Morgan fingerprint density at radius 2 is 1.72 bits per heavy atom. The van der Waals surface area contributed by atoms with Crippen LogP contribution in [0.5, 0.6) is 0 Å². The first kappa shape index (κ1) is 17.7. The van der Waals surface area contributed by atoms with E-state index in [9.17, 15) is 9.90 Å². The minimum atomic E-state index is -0.303. The Morgan fingerprint density at radius 1 is 0.966 bits per heavy atom. The Kier molecular flexibility index (Phi) is 4.41. The Hall–Kier alpha value is -3.38. The third-order valence-corrected chi connectivity index (χ3v) is 5.53. The number of carbonyl (C=O) groups is 1. The Bertz CT molecular complexity index is 1150. The molecule has 6 heteroatoms. The van der Waals surface area contributed by atoms with Gasteiger partial charge in [-0.1, -0.05) is 24.3 Å². The molecule has 0 unspecified atom stereocenters. The van der Waals surface area contributed by atoms with E-state index in [1.165, 1.54) is 0 Å². The van der Waals surface area contributed by atoms with Crippen molar-refractivity contribution in [3.05, 3.63) is 78.6 Å². The predicted molar refractivity (Wildman–Crippen MR) is 111 cm³/mol. The van der Waals surface area contributed by atoms with Crippen molar-refractivity contribution < 1.29 is 9.90 Å². The number of aliphatic hydroxyl groups excluding tert-OH is 1. The van der Waals surface area contributed by atoms with Crippen LogP contribution in [0.3, 0.4) is 0 Å². The van der Waals surface area contributed by atoms with Crippen molar-refractivity contribution in [2.24, 2.45) is 0 Å². The largest absolute Gasteiger partial charge is 0.393 e. The minimum absolute atomic E-state index is 0.00865. The van der Waals surface area contributed by atoms with E-state index in [0.717, 1.165) is 22.6 Å². The number of benzene rings is 1. The average Bonchev–Trinajstić information content (AvgIpc) is 3.40. The lowest BCUT2D eigenvalue weighted by Crippen LogP contribution is -2.40. The van der Waals surface area contributed by atoms with Gasteiger partial charge in [0.15, 0.2) is 0 Å². The summed E-state index contributed by atoms with van der Waals surface area (Å²) < 4.78 is 3.86. The van der Waals surface area contributed by atoms with Gasteiger partial charge in [0, 0.05) is 25.5 Å². The zero-order valence-corrected chi connectivity index (χ0v) is 16.0. The molecular weight excluding hydrogens is 364 g/mol. The minimum Gasteiger partial charge on any atom is -0.393 e. The predicted octanol–water partition coefficient (Wildman–Crippen LogP) is 3.39. The first-order valence-electron chi connectivity index (χ1n) is 9.89. The Balaban J connectivity index is 1.54. The zero-order chi connectivity index (χ0) is 19.8. The van der Waals surface area contributed by atoms with Crippen molar-refractivity contribution in [2.45, 2.75) is 18.9 Å². The van der Waals surface area contributed by atoms with E-state index in [1.807, 2.05) is 87.0 Å². The number of hydrogen-bond donors (Lipinski definition) is 1. The number of pyridine rings is 1. The molecule has 1 aliphatic heterocycles. The second-order valence-electron chi connectivity index (χ2n) is 7.40. The topological polar surface area (TPSA) is 62.8 Å². The van der Waals surface area contributed by atoms with Gasteiger partial charge >= 0.3 is 0 Å². The zero-order valence-electron chi connectivity index (χ0n) is 16.0. The molecule has 4 heterocycles. The van der Waals surface area contributed by atoms with Crippen molar-refractivity contribution in [3.8, 4) is 17.1 Å². The molecule has 146 valence electrons. The number of hydrogen-bond acceptors (Lipinski definition) is 3. The van der Waals surface area contributed by atoms with Gasteiger partial charge in [0.05, 0.1) is 28.6 Å². The van der Waals surface area contributed by atoms with Gasteiger partial charge in [-0.3, -0.25) is 4.79 Å². The SMILES string of the molecule is O=C(c1cc(-c2ccn(-c3ccccc3)n2)n2ccccc12)N1CCC(O)CC1. The fourth-order valence-electron chi connectivity index (χ4n) is 3.95. The fourth-order valence-corrected chi connectivity index (χ4v) is 3.95.